The Bertz CT molecular complexity index is 719. The molecule has 3 rings (SSSR count). The van der Waals surface area contributed by atoms with Gasteiger partial charge in [0.05, 0.1) is 0 Å². The van der Waals surface area contributed by atoms with Gasteiger partial charge in [0.1, 0.15) is 5.82 Å². The maximum atomic E-state index is 12.9. The molecule has 0 bridgehead atoms. The number of carbonyl (C=O) groups excluding carboxylic acids is 1. The van der Waals surface area contributed by atoms with Crippen LogP contribution < -0.4 is 0 Å². The van der Waals surface area contributed by atoms with Crippen molar-refractivity contribution in [2.75, 3.05) is 0 Å². The second-order valence-corrected chi connectivity index (χ2v) is 3.84. The van der Waals surface area contributed by atoms with Gasteiger partial charge in [-0.1, -0.05) is 0 Å². The van der Waals surface area contributed by atoms with Gasteiger partial charge in [-0.2, -0.15) is 0 Å². The maximum absolute atomic E-state index is 12.9. The highest BCUT2D eigenvalue weighted by molar-refractivity contribution is 5.75. The number of hydrogen-bond donors (Lipinski definition) is 0. The Labute approximate surface area is 102 Å². The zero-order valence-electron chi connectivity index (χ0n) is 9.25. The molecule has 0 amide bonds. The van der Waals surface area contributed by atoms with Crippen LogP contribution in [0.1, 0.15) is 10.4 Å². The van der Waals surface area contributed by atoms with Crippen LogP contribution in [0, 0.1) is 5.82 Å². The van der Waals surface area contributed by atoms with Gasteiger partial charge >= 0.3 is 0 Å². The SMILES string of the molecule is O=Cc1ccc2nnc(-c3ccc(F)cc3)n2c1. The van der Waals surface area contributed by atoms with Gasteiger partial charge in [-0.3, -0.25) is 9.20 Å². The summed E-state index contributed by atoms with van der Waals surface area (Å²) in [6, 6.07) is 9.36. The van der Waals surface area contributed by atoms with Crippen molar-refractivity contribution in [2.24, 2.45) is 0 Å². The Morgan fingerprint density at radius 2 is 1.83 bits per heavy atom. The minimum absolute atomic E-state index is 0.304. The summed E-state index contributed by atoms with van der Waals surface area (Å²) in [7, 11) is 0. The molecule has 0 radical (unpaired) electrons. The number of fused-ring (bicyclic) bond motifs is 1. The zero-order valence-corrected chi connectivity index (χ0v) is 9.25. The van der Waals surface area contributed by atoms with Crippen molar-refractivity contribution in [3.8, 4) is 11.4 Å². The highest BCUT2D eigenvalue weighted by Crippen LogP contribution is 2.18. The summed E-state index contributed by atoms with van der Waals surface area (Å²) >= 11 is 0. The molecule has 0 aliphatic heterocycles. The normalized spacial score (nSPS) is 10.7. The predicted octanol–water partition coefficient (Wildman–Crippen LogP) is 2.35. The summed E-state index contributed by atoms with van der Waals surface area (Å²) in [4.78, 5) is 10.8. The fourth-order valence-electron chi connectivity index (χ4n) is 1.77. The highest BCUT2D eigenvalue weighted by atomic mass is 19.1. The maximum Gasteiger partial charge on any atom is 0.168 e. The van der Waals surface area contributed by atoms with E-state index in [2.05, 4.69) is 10.2 Å². The molecule has 2 aromatic heterocycles. The standard InChI is InChI=1S/C13H8FN3O/c14-11-4-2-10(3-5-11)13-16-15-12-6-1-9(8-18)7-17(12)13/h1-8H. The molecule has 2 heterocycles. The number of hydrogen-bond acceptors (Lipinski definition) is 3. The van der Waals surface area contributed by atoms with Crippen LogP contribution in [0.4, 0.5) is 4.39 Å². The van der Waals surface area contributed by atoms with Crippen LogP contribution in [0.2, 0.25) is 0 Å². The zero-order chi connectivity index (χ0) is 12.5. The number of benzene rings is 1. The first-order valence-electron chi connectivity index (χ1n) is 5.34. The van der Waals surface area contributed by atoms with E-state index in [-0.39, 0.29) is 5.82 Å². The Balaban J connectivity index is 2.22. The van der Waals surface area contributed by atoms with E-state index in [0.717, 1.165) is 11.8 Å². The summed E-state index contributed by atoms with van der Waals surface area (Å²) in [6.07, 6.45) is 2.41. The third-order valence-corrected chi connectivity index (χ3v) is 2.66. The van der Waals surface area contributed by atoms with Crippen LogP contribution in [-0.2, 0) is 0 Å². The van der Waals surface area contributed by atoms with Crippen molar-refractivity contribution in [3.05, 3.63) is 54.0 Å². The van der Waals surface area contributed by atoms with Crippen LogP contribution in [0.3, 0.4) is 0 Å². The number of nitrogens with zero attached hydrogens (tertiary/aromatic N) is 3. The highest BCUT2D eigenvalue weighted by Gasteiger charge is 2.08. The minimum Gasteiger partial charge on any atom is -0.298 e. The topological polar surface area (TPSA) is 47.3 Å². The fourth-order valence-corrected chi connectivity index (χ4v) is 1.77. The molecule has 0 N–H and O–H groups in total. The Morgan fingerprint density at radius 3 is 2.56 bits per heavy atom. The number of rotatable bonds is 2. The summed E-state index contributed by atoms with van der Waals surface area (Å²) in [5.41, 5.74) is 1.91. The first-order valence-corrected chi connectivity index (χ1v) is 5.34. The summed E-state index contributed by atoms with van der Waals surface area (Å²) in [5, 5.41) is 8.04. The summed E-state index contributed by atoms with van der Waals surface area (Å²) in [6.45, 7) is 0. The van der Waals surface area contributed by atoms with E-state index in [1.54, 1.807) is 34.9 Å². The van der Waals surface area contributed by atoms with Gasteiger partial charge in [0, 0.05) is 17.3 Å². The fraction of sp³-hybridized carbons (Fsp3) is 0. The monoisotopic (exact) mass is 241 g/mol. The van der Waals surface area contributed by atoms with Crippen molar-refractivity contribution in [1.29, 1.82) is 0 Å². The average Bonchev–Trinajstić information content (AvgIpc) is 2.82. The van der Waals surface area contributed by atoms with Crippen LogP contribution in [-0.4, -0.2) is 20.9 Å². The molecule has 0 saturated heterocycles. The predicted molar refractivity (Wildman–Crippen MR) is 63.8 cm³/mol. The molecule has 88 valence electrons. The van der Waals surface area contributed by atoms with Crippen molar-refractivity contribution >= 4 is 11.9 Å². The van der Waals surface area contributed by atoms with E-state index in [1.807, 2.05) is 0 Å². The van der Waals surface area contributed by atoms with E-state index >= 15 is 0 Å². The first-order chi connectivity index (χ1) is 8.78. The Morgan fingerprint density at radius 1 is 1.06 bits per heavy atom. The minimum atomic E-state index is -0.304. The molecule has 0 saturated carbocycles. The van der Waals surface area contributed by atoms with Crippen molar-refractivity contribution in [2.45, 2.75) is 0 Å². The largest absolute Gasteiger partial charge is 0.298 e. The first kappa shape index (κ1) is 10.6. The van der Waals surface area contributed by atoms with Gasteiger partial charge in [0.2, 0.25) is 0 Å². The van der Waals surface area contributed by atoms with Gasteiger partial charge < -0.3 is 0 Å². The van der Waals surface area contributed by atoms with E-state index in [1.165, 1.54) is 12.1 Å². The van der Waals surface area contributed by atoms with E-state index in [4.69, 9.17) is 0 Å². The van der Waals surface area contributed by atoms with E-state index in [9.17, 15) is 9.18 Å². The lowest BCUT2D eigenvalue weighted by Gasteiger charge is -2.00. The molecule has 1 aromatic carbocycles. The quantitative estimate of drug-likeness (QED) is 0.647. The van der Waals surface area contributed by atoms with Crippen molar-refractivity contribution in [3.63, 3.8) is 0 Å². The number of pyridine rings is 1. The Kier molecular flexibility index (Phi) is 2.37. The average molecular weight is 241 g/mol. The van der Waals surface area contributed by atoms with Crippen molar-refractivity contribution in [1.82, 2.24) is 14.6 Å². The molecule has 0 aliphatic rings. The Hall–Kier alpha value is -2.56. The van der Waals surface area contributed by atoms with Gasteiger partial charge in [-0.25, -0.2) is 4.39 Å². The number of carbonyl (C=O) groups is 1. The second kappa shape index (κ2) is 4.03. The van der Waals surface area contributed by atoms with Crippen LogP contribution in [0.25, 0.3) is 17.0 Å². The molecular weight excluding hydrogens is 233 g/mol. The van der Waals surface area contributed by atoms with Crippen LogP contribution in [0.15, 0.2) is 42.6 Å². The van der Waals surface area contributed by atoms with Crippen molar-refractivity contribution < 1.29 is 9.18 Å². The lowest BCUT2D eigenvalue weighted by Crippen LogP contribution is -1.92. The number of aromatic nitrogens is 3. The molecule has 0 atom stereocenters. The molecule has 3 aromatic rings. The molecule has 18 heavy (non-hydrogen) atoms. The molecule has 5 heteroatoms. The molecular formula is C13H8FN3O. The molecule has 0 unspecified atom stereocenters. The third-order valence-electron chi connectivity index (χ3n) is 2.66. The van der Waals surface area contributed by atoms with Gasteiger partial charge in [0.25, 0.3) is 0 Å². The number of halogens is 1. The van der Waals surface area contributed by atoms with Gasteiger partial charge in [0.15, 0.2) is 17.8 Å². The van der Waals surface area contributed by atoms with Gasteiger partial charge in [-0.15, -0.1) is 10.2 Å². The molecule has 0 aliphatic carbocycles. The number of aldehydes is 1. The lowest BCUT2D eigenvalue weighted by molar-refractivity contribution is 0.112. The van der Waals surface area contributed by atoms with E-state index in [0.29, 0.717) is 17.0 Å². The smallest absolute Gasteiger partial charge is 0.168 e. The lowest BCUT2D eigenvalue weighted by atomic mass is 10.2. The third kappa shape index (κ3) is 1.66. The summed E-state index contributed by atoms with van der Waals surface area (Å²) in [5.74, 6) is 0.273. The van der Waals surface area contributed by atoms with E-state index < -0.39 is 0 Å². The molecule has 0 spiro atoms. The van der Waals surface area contributed by atoms with Crippen LogP contribution >= 0.6 is 0 Å². The molecule has 4 nitrogen and oxygen atoms in total. The molecule has 0 fully saturated rings. The van der Waals surface area contributed by atoms with Crippen LogP contribution in [0.5, 0.6) is 0 Å². The second-order valence-electron chi connectivity index (χ2n) is 3.84. The van der Waals surface area contributed by atoms with Gasteiger partial charge in [-0.05, 0) is 36.4 Å². The summed E-state index contributed by atoms with van der Waals surface area (Å²) < 4.78 is 14.6.